The van der Waals surface area contributed by atoms with E-state index in [4.69, 9.17) is 15.9 Å². The number of hydrogen-bond donors (Lipinski definition) is 7. The second-order valence-electron chi connectivity index (χ2n) is 7.88. The van der Waals surface area contributed by atoms with E-state index in [0.717, 1.165) is 0 Å². The minimum atomic E-state index is -1.29. The van der Waals surface area contributed by atoms with E-state index in [1.54, 1.807) is 0 Å². The minimum Gasteiger partial charge on any atom is -0.508 e. The molecule has 0 heterocycles. The van der Waals surface area contributed by atoms with Crippen LogP contribution in [0.5, 0.6) is 5.75 Å². The SMILES string of the molecule is CSCCC(N)C(=O)NC(CCC(=O)O)C(=O)NC(Cc1ccc(O)cc1)C(=O)NC(C)C(=O)O. The van der Waals surface area contributed by atoms with Crippen molar-refractivity contribution in [1.29, 1.82) is 0 Å². The maximum Gasteiger partial charge on any atom is 0.325 e. The molecule has 1 aromatic rings. The molecule has 1 rings (SSSR count). The molecule has 0 spiro atoms. The van der Waals surface area contributed by atoms with Crippen molar-refractivity contribution in [3.8, 4) is 5.75 Å². The first-order valence-corrected chi connectivity index (χ1v) is 12.2. The van der Waals surface area contributed by atoms with Crippen LogP contribution in [0.15, 0.2) is 24.3 Å². The molecule has 4 atom stereocenters. The molecule has 13 heteroatoms. The predicted molar refractivity (Wildman–Crippen MR) is 129 cm³/mol. The minimum absolute atomic E-state index is 0.00690. The van der Waals surface area contributed by atoms with Crippen LogP contribution in [0.2, 0.25) is 0 Å². The number of carboxylic acid groups (broad SMARTS) is 2. The number of nitrogens with two attached hydrogens (primary N) is 1. The monoisotopic (exact) mass is 512 g/mol. The Kier molecular flexibility index (Phi) is 12.6. The molecular weight excluding hydrogens is 480 g/mol. The lowest BCUT2D eigenvalue weighted by Gasteiger charge is -2.24. The second kappa shape index (κ2) is 14.8. The molecule has 0 aliphatic heterocycles. The molecule has 3 amide bonds. The van der Waals surface area contributed by atoms with E-state index in [2.05, 4.69) is 16.0 Å². The standard InChI is InChI=1S/C22H32N4O8S/c1-12(22(33)34)24-21(32)17(11-13-3-5-14(27)6-4-13)26-20(31)16(7-8-18(28)29)25-19(30)15(23)9-10-35-2/h3-6,12,15-17,27H,7-11,23H2,1-2H3,(H,24,32)(H,25,30)(H,26,31)(H,28,29)(H,33,34). The van der Waals surface area contributed by atoms with Gasteiger partial charge in [-0.3, -0.25) is 24.0 Å². The molecule has 0 radical (unpaired) electrons. The Hall–Kier alpha value is -3.32. The Morgan fingerprint density at radius 2 is 1.49 bits per heavy atom. The van der Waals surface area contributed by atoms with Gasteiger partial charge in [0.25, 0.3) is 0 Å². The molecule has 0 aliphatic rings. The third kappa shape index (κ3) is 11.1. The third-order valence-electron chi connectivity index (χ3n) is 4.99. The Labute approximate surface area is 207 Å². The molecule has 0 aliphatic carbocycles. The zero-order chi connectivity index (χ0) is 26.5. The van der Waals surface area contributed by atoms with Gasteiger partial charge in [0.05, 0.1) is 6.04 Å². The van der Waals surface area contributed by atoms with Crippen molar-refractivity contribution in [2.45, 2.75) is 56.8 Å². The van der Waals surface area contributed by atoms with E-state index in [-0.39, 0.29) is 18.6 Å². The van der Waals surface area contributed by atoms with Gasteiger partial charge < -0.3 is 37.0 Å². The Morgan fingerprint density at radius 1 is 0.914 bits per heavy atom. The molecular formula is C22H32N4O8S. The molecule has 35 heavy (non-hydrogen) atoms. The maximum atomic E-state index is 13.0. The zero-order valence-electron chi connectivity index (χ0n) is 19.5. The molecule has 0 saturated heterocycles. The normalized spacial score (nSPS) is 14.1. The fourth-order valence-electron chi connectivity index (χ4n) is 2.92. The van der Waals surface area contributed by atoms with E-state index in [9.17, 15) is 29.1 Å². The smallest absolute Gasteiger partial charge is 0.325 e. The fraction of sp³-hybridized carbons (Fsp3) is 0.500. The van der Waals surface area contributed by atoms with Gasteiger partial charge in [-0.25, -0.2) is 0 Å². The predicted octanol–water partition coefficient (Wildman–Crippen LogP) is -0.561. The maximum absolute atomic E-state index is 13.0. The van der Waals surface area contributed by atoms with Crippen LogP contribution in [0.3, 0.4) is 0 Å². The van der Waals surface area contributed by atoms with Gasteiger partial charge in [0.15, 0.2) is 0 Å². The highest BCUT2D eigenvalue weighted by molar-refractivity contribution is 7.98. The zero-order valence-corrected chi connectivity index (χ0v) is 20.3. The second-order valence-corrected chi connectivity index (χ2v) is 8.87. The molecule has 194 valence electrons. The number of hydrogen-bond acceptors (Lipinski definition) is 8. The number of carbonyl (C=O) groups is 5. The number of benzene rings is 1. The van der Waals surface area contributed by atoms with Crippen molar-refractivity contribution < 1.29 is 39.3 Å². The summed E-state index contributed by atoms with van der Waals surface area (Å²) < 4.78 is 0. The van der Waals surface area contributed by atoms with E-state index >= 15 is 0 Å². The van der Waals surface area contributed by atoms with Crippen molar-refractivity contribution in [2.24, 2.45) is 5.73 Å². The number of aromatic hydroxyl groups is 1. The lowest BCUT2D eigenvalue weighted by Crippen LogP contribution is -2.57. The largest absolute Gasteiger partial charge is 0.508 e. The van der Waals surface area contributed by atoms with E-state index < -0.39 is 60.2 Å². The summed E-state index contributed by atoms with van der Waals surface area (Å²) in [6.07, 6.45) is 1.46. The molecule has 4 unspecified atom stereocenters. The number of phenolic OH excluding ortho intramolecular Hbond substituents is 1. The Balaban J connectivity index is 3.07. The van der Waals surface area contributed by atoms with E-state index in [1.165, 1.54) is 43.0 Å². The number of carbonyl (C=O) groups excluding carboxylic acids is 3. The third-order valence-corrected chi connectivity index (χ3v) is 5.63. The molecule has 0 saturated carbocycles. The van der Waals surface area contributed by atoms with Crippen molar-refractivity contribution in [3.05, 3.63) is 29.8 Å². The number of phenols is 1. The van der Waals surface area contributed by atoms with Crippen molar-refractivity contribution in [2.75, 3.05) is 12.0 Å². The first-order chi connectivity index (χ1) is 16.4. The highest BCUT2D eigenvalue weighted by atomic mass is 32.2. The lowest BCUT2D eigenvalue weighted by atomic mass is 10.0. The van der Waals surface area contributed by atoms with E-state index in [0.29, 0.717) is 17.7 Å². The van der Waals surface area contributed by atoms with Crippen LogP contribution in [-0.2, 0) is 30.4 Å². The number of thioether (sulfide) groups is 1. The molecule has 12 nitrogen and oxygen atoms in total. The van der Waals surface area contributed by atoms with Crippen LogP contribution in [-0.4, -0.2) is 81.2 Å². The Morgan fingerprint density at radius 3 is 2.03 bits per heavy atom. The summed E-state index contributed by atoms with van der Waals surface area (Å²) in [5.74, 6) is -4.11. The van der Waals surface area contributed by atoms with Gasteiger partial charge in [-0.1, -0.05) is 12.1 Å². The van der Waals surface area contributed by atoms with Crippen LogP contribution in [0.4, 0.5) is 0 Å². The van der Waals surface area contributed by atoms with Crippen LogP contribution < -0.4 is 21.7 Å². The quantitative estimate of drug-likeness (QED) is 0.159. The van der Waals surface area contributed by atoms with Crippen molar-refractivity contribution >= 4 is 41.4 Å². The summed E-state index contributed by atoms with van der Waals surface area (Å²) in [4.78, 5) is 60.4. The van der Waals surface area contributed by atoms with Gasteiger partial charge in [-0.05, 0) is 49.5 Å². The molecule has 0 aromatic heterocycles. The molecule has 0 fully saturated rings. The van der Waals surface area contributed by atoms with E-state index in [1.807, 2.05) is 6.26 Å². The van der Waals surface area contributed by atoms with Gasteiger partial charge in [-0.15, -0.1) is 0 Å². The summed E-state index contributed by atoms with van der Waals surface area (Å²) in [5, 5.41) is 34.8. The van der Waals surface area contributed by atoms with Crippen LogP contribution in [0.25, 0.3) is 0 Å². The van der Waals surface area contributed by atoms with Crippen LogP contribution in [0, 0.1) is 0 Å². The molecule has 1 aromatic carbocycles. The lowest BCUT2D eigenvalue weighted by molar-refractivity contribution is -0.141. The van der Waals surface area contributed by atoms with Gasteiger partial charge in [0.2, 0.25) is 17.7 Å². The number of aliphatic carboxylic acids is 2. The topological polar surface area (TPSA) is 208 Å². The highest BCUT2D eigenvalue weighted by Crippen LogP contribution is 2.12. The van der Waals surface area contributed by atoms with Crippen molar-refractivity contribution in [1.82, 2.24) is 16.0 Å². The summed E-state index contributed by atoms with van der Waals surface area (Å²) in [7, 11) is 0. The first kappa shape index (κ1) is 29.7. The van der Waals surface area contributed by atoms with Crippen LogP contribution >= 0.6 is 11.8 Å². The number of rotatable bonds is 15. The number of amides is 3. The molecule has 0 bridgehead atoms. The van der Waals surface area contributed by atoms with Gasteiger partial charge in [-0.2, -0.15) is 11.8 Å². The summed E-state index contributed by atoms with van der Waals surface area (Å²) in [6.45, 7) is 1.26. The highest BCUT2D eigenvalue weighted by Gasteiger charge is 2.30. The Bertz CT molecular complexity index is 896. The number of nitrogens with one attached hydrogen (secondary N) is 3. The fourth-order valence-corrected chi connectivity index (χ4v) is 3.41. The summed E-state index contributed by atoms with van der Waals surface area (Å²) >= 11 is 1.49. The average Bonchev–Trinajstić information content (AvgIpc) is 2.80. The van der Waals surface area contributed by atoms with Gasteiger partial charge >= 0.3 is 11.9 Å². The summed E-state index contributed by atoms with van der Waals surface area (Å²) in [6, 6.07) is 1.14. The van der Waals surface area contributed by atoms with Gasteiger partial charge in [0, 0.05) is 12.8 Å². The van der Waals surface area contributed by atoms with Gasteiger partial charge in [0.1, 0.15) is 23.9 Å². The first-order valence-electron chi connectivity index (χ1n) is 10.8. The number of carboxylic acids is 2. The van der Waals surface area contributed by atoms with Crippen molar-refractivity contribution in [3.63, 3.8) is 0 Å². The summed E-state index contributed by atoms with van der Waals surface area (Å²) in [5.41, 5.74) is 6.39. The van der Waals surface area contributed by atoms with Crippen LogP contribution in [0.1, 0.15) is 31.7 Å². The average molecular weight is 513 g/mol. The molecule has 8 N–H and O–H groups in total.